The van der Waals surface area contributed by atoms with E-state index in [4.69, 9.17) is 9.72 Å². The molecule has 1 aliphatic heterocycles. The highest BCUT2D eigenvalue weighted by atomic mass is 32.2. The van der Waals surface area contributed by atoms with Gasteiger partial charge in [0.25, 0.3) is 10.0 Å². The molecule has 1 N–H and O–H groups in total. The predicted octanol–water partition coefficient (Wildman–Crippen LogP) is 4.30. The van der Waals surface area contributed by atoms with Gasteiger partial charge < -0.3 is 9.64 Å². The van der Waals surface area contributed by atoms with Gasteiger partial charge in [-0.25, -0.2) is 18.1 Å². The number of carbonyl (C=O) groups is 1. The molecule has 1 amide bonds. The summed E-state index contributed by atoms with van der Waals surface area (Å²) >= 11 is 0. The van der Waals surface area contributed by atoms with Crippen molar-refractivity contribution in [2.24, 2.45) is 5.92 Å². The van der Waals surface area contributed by atoms with E-state index in [1.165, 1.54) is 12.5 Å². The fraction of sp³-hybridized carbons (Fsp3) is 0.483. The van der Waals surface area contributed by atoms with Crippen LogP contribution in [0.25, 0.3) is 10.9 Å². The van der Waals surface area contributed by atoms with Crippen molar-refractivity contribution >= 4 is 32.7 Å². The molecule has 0 spiro atoms. The quantitative estimate of drug-likeness (QED) is 0.460. The molecule has 1 saturated heterocycles. The highest BCUT2D eigenvalue weighted by Crippen LogP contribution is 2.53. The zero-order valence-corrected chi connectivity index (χ0v) is 22.5. The van der Waals surface area contributed by atoms with Gasteiger partial charge in [-0.15, -0.1) is 0 Å². The molecule has 0 unspecified atom stereocenters. The van der Waals surface area contributed by atoms with E-state index in [2.05, 4.69) is 20.7 Å². The minimum Gasteiger partial charge on any atom is -0.384 e. The summed E-state index contributed by atoms with van der Waals surface area (Å²) in [4.78, 5) is 25.3. The van der Waals surface area contributed by atoms with Crippen molar-refractivity contribution in [2.45, 2.75) is 61.2 Å². The number of hydrogen-bond donors (Lipinski definition) is 1. The first-order valence-corrected chi connectivity index (χ1v) is 15.0. The van der Waals surface area contributed by atoms with Crippen molar-refractivity contribution < 1.29 is 17.9 Å². The van der Waals surface area contributed by atoms with Crippen LogP contribution in [0.1, 0.15) is 62.0 Å². The summed E-state index contributed by atoms with van der Waals surface area (Å²) in [6.07, 6.45) is 10.3. The van der Waals surface area contributed by atoms with Crippen LogP contribution in [0, 0.1) is 5.92 Å². The van der Waals surface area contributed by atoms with E-state index in [1.807, 2.05) is 6.20 Å². The maximum absolute atomic E-state index is 13.8. The summed E-state index contributed by atoms with van der Waals surface area (Å²) in [6, 6.07) is 10.5. The molecule has 3 aromatic rings. The molecule has 2 aromatic heterocycles. The largest absolute Gasteiger partial charge is 0.384 e. The molecule has 9 heteroatoms. The number of fused-ring (bicyclic) bond motifs is 1. The Morgan fingerprint density at radius 1 is 1.11 bits per heavy atom. The number of rotatable bonds is 8. The highest BCUT2D eigenvalue weighted by molar-refractivity contribution is 7.90. The molecule has 2 saturated carbocycles. The second-order valence-corrected chi connectivity index (χ2v) is 12.6. The molecule has 8 nitrogen and oxygen atoms in total. The number of hydrogen-bond acceptors (Lipinski definition) is 7. The number of pyridine rings is 2. The lowest BCUT2D eigenvalue weighted by atomic mass is 9.79. The monoisotopic (exact) mass is 534 g/mol. The van der Waals surface area contributed by atoms with Crippen molar-refractivity contribution in [3.05, 3.63) is 59.9 Å². The number of anilines is 1. The van der Waals surface area contributed by atoms with Gasteiger partial charge >= 0.3 is 0 Å². The van der Waals surface area contributed by atoms with E-state index in [1.54, 1.807) is 37.6 Å². The molecule has 0 atom stereocenters. The van der Waals surface area contributed by atoms with Crippen LogP contribution in [0.2, 0.25) is 0 Å². The van der Waals surface area contributed by atoms with Crippen LogP contribution < -0.4 is 9.62 Å². The maximum Gasteiger partial charge on any atom is 0.264 e. The third kappa shape index (κ3) is 4.56. The Kier molecular flexibility index (Phi) is 6.60. The van der Waals surface area contributed by atoms with Crippen LogP contribution in [-0.4, -0.2) is 51.1 Å². The number of sulfonamides is 1. The van der Waals surface area contributed by atoms with Gasteiger partial charge in [0.1, 0.15) is 5.82 Å². The van der Waals surface area contributed by atoms with Crippen LogP contribution in [0.5, 0.6) is 0 Å². The molecule has 6 rings (SSSR count). The van der Waals surface area contributed by atoms with Crippen molar-refractivity contribution in [1.82, 2.24) is 14.7 Å². The van der Waals surface area contributed by atoms with Crippen molar-refractivity contribution in [3.8, 4) is 0 Å². The Balaban J connectivity index is 1.32. The lowest BCUT2D eigenvalue weighted by Crippen LogP contribution is -2.41. The number of carbonyl (C=O) groups excluding carboxylic acids is 1. The van der Waals surface area contributed by atoms with Crippen LogP contribution in [0.15, 0.2) is 53.7 Å². The molecular formula is C29H34N4O4S. The second kappa shape index (κ2) is 9.93. The van der Waals surface area contributed by atoms with E-state index in [0.717, 1.165) is 62.3 Å². The van der Waals surface area contributed by atoms with E-state index in [-0.39, 0.29) is 4.90 Å². The molecule has 0 radical (unpaired) electrons. The fourth-order valence-corrected chi connectivity index (χ4v) is 7.19. The first-order valence-electron chi connectivity index (χ1n) is 13.6. The summed E-state index contributed by atoms with van der Waals surface area (Å²) in [5.41, 5.74) is 1.72. The van der Waals surface area contributed by atoms with Crippen LogP contribution in [-0.2, 0) is 25.0 Å². The molecule has 38 heavy (non-hydrogen) atoms. The van der Waals surface area contributed by atoms with Gasteiger partial charge in [0.2, 0.25) is 5.91 Å². The van der Waals surface area contributed by atoms with Crippen LogP contribution in [0.3, 0.4) is 0 Å². The van der Waals surface area contributed by atoms with E-state index in [0.29, 0.717) is 35.6 Å². The topological polar surface area (TPSA) is 101 Å². The minimum atomic E-state index is -4.10. The summed E-state index contributed by atoms with van der Waals surface area (Å²) < 4.78 is 34.8. The standard InChI is InChI=1S/C29H34N4O4S/c1-37-19-20-10-15-33(16-11-20)27-24(17-22(18-31-27)21-5-2-6-21)29(12-13-29)28(34)32-38(35,36)26-9-3-8-25-23(26)7-4-14-30-25/h3-4,7-9,14,17-18,20-21H,2,5-6,10-13,15-16,19H2,1H3,(H,32,34). The average molecular weight is 535 g/mol. The Bertz CT molecular complexity index is 1450. The van der Waals surface area contributed by atoms with Gasteiger partial charge in [0.05, 0.1) is 15.8 Å². The van der Waals surface area contributed by atoms with Gasteiger partial charge in [0, 0.05) is 50.1 Å². The minimum absolute atomic E-state index is 0.0639. The van der Waals surface area contributed by atoms with Gasteiger partial charge in [-0.05, 0) is 86.3 Å². The van der Waals surface area contributed by atoms with Crippen molar-refractivity contribution in [2.75, 3.05) is 31.7 Å². The van der Waals surface area contributed by atoms with Crippen molar-refractivity contribution in [1.29, 1.82) is 0 Å². The fourth-order valence-electron chi connectivity index (χ4n) is 5.92. The summed E-state index contributed by atoms with van der Waals surface area (Å²) in [6.45, 7) is 2.44. The molecule has 3 fully saturated rings. The first kappa shape index (κ1) is 25.2. The Labute approximate surface area is 223 Å². The van der Waals surface area contributed by atoms with E-state index < -0.39 is 21.3 Å². The summed E-state index contributed by atoms with van der Waals surface area (Å²) in [7, 11) is -2.36. The number of piperidine rings is 1. The van der Waals surface area contributed by atoms with Crippen LogP contribution >= 0.6 is 0 Å². The average Bonchev–Trinajstić information content (AvgIpc) is 3.70. The lowest BCUT2D eigenvalue weighted by molar-refractivity contribution is -0.121. The SMILES string of the molecule is COCC1CCN(c2ncc(C3CCC3)cc2C2(C(=O)NS(=O)(=O)c3cccc4ncccc34)CC2)CC1. The van der Waals surface area contributed by atoms with Crippen LogP contribution in [0.4, 0.5) is 5.82 Å². The molecule has 200 valence electrons. The van der Waals surface area contributed by atoms with E-state index >= 15 is 0 Å². The van der Waals surface area contributed by atoms with Gasteiger partial charge in [-0.1, -0.05) is 12.5 Å². The van der Waals surface area contributed by atoms with Gasteiger partial charge in [-0.3, -0.25) is 9.78 Å². The van der Waals surface area contributed by atoms with Gasteiger partial charge in [-0.2, -0.15) is 0 Å². The maximum atomic E-state index is 13.8. The molecule has 3 aliphatic rings. The molecular weight excluding hydrogens is 500 g/mol. The second-order valence-electron chi connectivity index (χ2n) is 11.0. The number of benzene rings is 1. The molecule has 3 heterocycles. The smallest absolute Gasteiger partial charge is 0.264 e. The Morgan fingerprint density at radius 3 is 2.58 bits per heavy atom. The zero-order valence-electron chi connectivity index (χ0n) is 21.7. The number of ether oxygens (including phenoxy) is 1. The molecule has 2 aliphatic carbocycles. The van der Waals surface area contributed by atoms with E-state index in [9.17, 15) is 13.2 Å². The number of nitrogens with one attached hydrogen (secondary N) is 1. The summed E-state index contributed by atoms with van der Waals surface area (Å²) in [5, 5.41) is 0.494. The predicted molar refractivity (Wildman–Crippen MR) is 146 cm³/mol. The number of amides is 1. The van der Waals surface area contributed by atoms with Gasteiger partial charge in [0.15, 0.2) is 0 Å². The first-order chi connectivity index (χ1) is 18.4. The third-order valence-corrected chi connectivity index (χ3v) is 9.99. The number of nitrogens with zero attached hydrogens (tertiary/aromatic N) is 3. The normalized spacial score (nSPS) is 19.8. The number of aromatic nitrogens is 2. The Morgan fingerprint density at radius 2 is 1.89 bits per heavy atom. The molecule has 0 bridgehead atoms. The Hall–Kier alpha value is -3.04. The third-order valence-electron chi connectivity index (χ3n) is 8.60. The molecule has 1 aromatic carbocycles. The summed E-state index contributed by atoms with van der Waals surface area (Å²) in [5.74, 6) is 1.34. The zero-order chi connectivity index (χ0) is 26.3. The van der Waals surface area contributed by atoms with Crippen molar-refractivity contribution in [3.63, 3.8) is 0 Å². The highest BCUT2D eigenvalue weighted by Gasteiger charge is 2.54. The lowest BCUT2D eigenvalue weighted by Gasteiger charge is -2.35. The number of methoxy groups -OCH3 is 1.